The van der Waals surface area contributed by atoms with Gasteiger partial charge in [0.2, 0.25) is 0 Å². The van der Waals surface area contributed by atoms with Gasteiger partial charge in [-0.2, -0.15) is 31.4 Å². The van der Waals surface area contributed by atoms with Crippen LogP contribution in [-0.2, 0) is 12.4 Å². The molecule has 0 bridgehead atoms. The SMILES string of the molecule is CC1(C)CCC(NN=C(C=Cc2ccc(C(F)(F)F)cc2)C=Cc2ccc(C(F)(F)F)cc2)=NC1. The number of nitrogens with one attached hydrogen (secondary N) is 1. The number of hydrogen-bond donors (Lipinski definition) is 1. The van der Waals surface area contributed by atoms with E-state index in [0.29, 0.717) is 29.2 Å². The van der Waals surface area contributed by atoms with Gasteiger partial charge in [-0.1, -0.05) is 50.3 Å². The van der Waals surface area contributed by atoms with E-state index in [1.807, 2.05) is 0 Å². The third-order valence-corrected chi connectivity index (χ3v) is 5.42. The summed E-state index contributed by atoms with van der Waals surface area (Å²) < 4.78 is 76.7. The average Bonchev–Trinajstić information content (AvgIpc) is 2.79. The van der Waals surface area contributed by atoms with Crippen molar-refractivity contribution in [3.05, 3.63) is 82.9 Å². The van der Waals surface area contributed by atoms with E-state index in [-0.39, 0.29) is 5.41 Å². The lowest BCUT2D eigenvalue weighted by atomic mass is 9.86. The Balaban J connectivity index is 1.80. The Morgan fingerprint density at radius 3 is 1.66 bits per heavy atom. The number of aliphatic imine (C=N–C) groups is 1. The molecule has 0 aliphatic carbocycles. The second-order valence-corrected chi connectivity index (χ2v) is 8.98. The standard InChI is InChI=1S/C26H25F6N3/c1-24(2)16-15-23(33-17-24)35-34-22(13-7-18-3-9-20(10-4-18)25(27,28)29)14-8-19-5-11-21(12-6-19)26(30,31)32/h3-14H,15-17H2,1-2H3,(H,33,35). The summed E-state index contributed by atoms with van der Waals surface area (Å²) in [4.78, 5) is 4.49. The number of allylic oxidation sites excluding steroid dienone is 2. The summed E-state index contributed by atoms with van der Waals surface area (Å²) in [5.74, 6) is 0.715. The lowest BCUT2D eigenvalue weighted by Crippen LogP contribution is -2.29. The van der Waals surface area contributed by atoms with Gasteiger partial charge in [-0.25, -0.2) is 0 Å². The van der Waals surface area contributed by atoms with Crippen LogP contribution in [0.1, 0.15) is 48.9 Å². The van der Waals surface area contributed by atoms with Crippen LogP contribution in [0.4, 0.5) is 26.3 Å². The minimum atomic E-state index is -4.42. The molecular weight excluding hydrogens is 468 g/mol. The predicted octanol–water partition coefficient (Wildman–Crippen LogP) is 7.61. The summed E-state index contributed by atoms with van der Waals surface area (Å²) in [6, 6.07) is 9.34. The molecule has 3 nitrogen and oxygen atoms in total. The van der Waals surface area contributed by atoms with Crippen molar-refractivity contribution in [1.29, 1.82) is 0 Å². The van der Waals surface area contributed by atoms with Crippen LogP contribution in [0.3, 0.4) is 0 Å². The lowest BCUT2D eigenvalue weighted by molar-refractivity contribution is -0.138. The van der Waals surface area contributed by atoms with Gasteiger partial charge in [-0.15, -0.1) is 0 Å². The Kier molecular flexibility index (Phi) is 7.87. The summed E-state index contributed by atoms with van der Waals surface area (Å²) in [6.07, 6.45) is -0.779. The molecule has 3 rings (SSSR count). The van der Waals surface area contributed by atoms with Gasteiger partial charge in [0.1, 0.15) is 5.84 Å². The molecule has 186 valence electrons. The van der Waals surface area contributed by atoms with E-state index in [0.717, 1.165) is 37.1 Å². The number of hydrazone groups is 1. The van der Waals surface area contributed by atoms with E-state index in [1.54, 1.807) is 24.3 Å². The maximum atomic E-state index is 12.8. The number of nitrogens with zero attached hydrogens (tertiary/aromatic N) is 2. The Morgan fingerprint density at radius 2 is 1.29 bits per heavy atom. The molecule has 1 N–H and O–H groups in total. The van der Waals surface area contributed by atoms with Gasteiger partial charge in [0, 0.05) is 13.0 Å². The number of amidine groups is 1. The van der Waals surface area contributed by atoms with Gasteiger partial charge in [-0.3, -0.25) is 10.4 Å². The van der Waals surface area contributed by atoms with Crippen molar-refractivity contribution >= 4 is 23.7 Å². The zero-order valence-corrected chi connectivity index (χ0v) is 19.2. The van der Waals surface area contributed by atoms with Gasteiger partial charge < -0.3 is 0 Å². The Morgan fingerprint density at radius 1 is 0.829 bits per heavy atom. The van der Waals surface area contributed by atoms with Crippen molar-refractivity contribution in [1.82, 2.24) is 5.43 Å². The molecule has 9 heteroatoms. The molecule has 0 aromatic heterocycles. The summed E-state index contributed by atoms with van der Waals surface area (Å²) in [5.41, 5.74) is 3.03. The summed E-state index contributed by atoms with van der Waals surface area (Å²) in [5, 5.41) is 4.34. The predicted molar refractivity (Wildman–Crippen MR) is 127 cm³/mol. The number of alkyl halides is 6. The fourth-order valence-electron chi connectivity index (χ4n) is 3.20. The van der Waals surface area contributed by atoms with Crippen LogP contribution < -0.4 is 5.43 Å². The third-order valence-electron chi connectivity index (χ3n) is 5.42. The van der Waals surface area contributed by atoms with Gasteiger partial charge in [0.25, 0.3) is 0 Å². The van der Waals surface area contributed by atoms with Crippen LogP contribution in [-0.4, -0.2) is 18.1 Å². The molecule has 0 radical (unpaired) electrons. The van der Waals surface area contributed by atoms with Crippen molar-refractivity contribution in [3.63, 3.8) is 0 Å². The average molecular weight is 493 g/mol. The van der Waals surface area contributed by atoms with E-state index >= 15 is 0 Å². The van der Waals surface area contributed by atoms with E-state index < -0.39 is 23.5 Å². The highest BCUT2D eigenvalue weighted by Gasteiger charge is 2.30. The van der Waals surface area contributed by atoms with Crippen LogP contribution in [0.5, 0.6) is 0 Å². The van der Waals surface area contributed by atoms with E-state index in [2.05, 4.69) is 29.4 Å². The molecule has 0 spiro atoms. The van der Waals surface area contributed by atoms with Gasteiger partial charge in [0.15, 0.2) is 0 Å². The summed E-state index contributed by atoms with van der Waals surface area (Å²) >= 11 is 0. The van der Waals surface area contributed by atoms with Gasteiger partial charge in [0.05, 0.1) is 16.8 Å². The van der Waals surface area contributed by atoms with Gasteiger partial charge >= 0.3 is 12.4 Å². The Hall–Kier alpha value is -3.36. The smallest absolute Gasteiger partial charge is 0.270 e. The zero-order valence-electron chi connectivity index (χ0n) is 19.2. The molecule has 0 fully saturated rings. The third kappa shape index (κ3) is 8.12. The first-order valence-electron chi connectivity index (χ1n) is 10.9. The molecule has 0 atom stereocenters. The first-order valence-corrected chi connectivity index (χ1v) is 10.9. The molecule has 1 aliphatic heterocycles. The van der Waals surface area contributed by atoms with Crippen molar-refractivity contribution in [2.75, 3.05) is 6.54 Å². The van der Waals surface area contributed by atoms with Crippen LogP contribution in [0.2, 0.25) is 0 Å². The van der Waals surface area contributed by atoms with E-state index in [4.69, 9.17) is 0 Å². The molecule has 35 heavy (non-hydrogen) atoms. The number of halogens is 6. The topological polar surface area (TPSA) is 36.8 Å². The second kappa shape index (κ2) is 10.5. The fraction of sp³-hybridized carbons (Fsp3) is 0.308. The second-order valence-electron chi connectivity index (χ2n) is 8.98. The first-order chi connectivity index (χ1) is 16.3. The van der Waals surface area contributed by atoms with Crippen LogP contribution in [0, 0.1) is 5.41 Å². The molecule has 2 aromatic rings. The molecule has 0 saturated carbocycles. The molecular formula is C26H25F6N3. The summed E-state index contributed by atoms with van der Waals surface area (Å²) in [6.45, 7) is 4.91. The number of benzene rings is 2. The fourth-order valence-corrected chi connectivity index (χ4v) is 3.20. The molecule has 1 heterocycles. The van der Waals surface area contributed by atoms with Crippen LogP contribution >= 0.6 is 0 Å². The highest BCUT2D eigenvalue weighted by Crippen LogP contribution is 2.30. The van der Waals surface area contributed by atoms with E-state index in [1.165, 1.54) is 24.3 Å². The highest BCUT2D eigenvalue weighted by molar-refractivity contribution is 6.09. The quantitative estimate of drug-likeness (QED) is 0.260. The zero-order chi connectivity index (χ0) is 25.7. The van der Waals surface area contributed by atoms with Crippen LogP contribution in [0.25, 0.3) is 12.2 Å². The normalized spacial score (nSPS) is 16.4. The maximum absolute atomic E-state index is 12.8. The summed E-state index contributed by atoms with van der Waals surface area (Å²) in [7, 11) is 0. The minimum Gasteiger partial charge on any atom is -0.270 e. The highest BCUT2D eigenvalue weighted by atomic mass is 19.4. The minimum absolute atomic E-state index is 0.114. The molecule has 1 aliphatic rings. The molecule has 0 unspecified atom stereocenters. The largest absolute Gasteiger partial charge is 0.416 e. The lowest BCUT2D eigenvalue weighted by Gasteiger charge is -2.27. The monoisotopic (exact) mass is 493 g/mol. The van der Waals surface area contributed by atoms with Crippen molar-refractivity contribution in [3.8, 4) is 0 Å². The van der Waals surface area contributed by atoms with Crippen molar-refractivity contribution in [2.24, 2.45) is 15.5 Å². The molecule has 0 amide bonds. The Labute approximate surface area is 200 Å². The number of hydrogen-bond acceptors (Lipinski definition) is 3. The number of rotatable bonds is 5. The van der Waals surface area contributed by atoms with Crippen molar-refractivity contribution < 1.29 is 26.3 Å². The van der Waals surface area contributed by atoms with Crippen LogP contribution in [0.15, 0.2) is 70.8 Å². The van der Waals surface area contributed by atoms with E-state index in [9.17, 15) is 26.3 Å². The Bertz CT molecular complexity index is 1050. The van der Waals surface area contributed by atoms with Gasteiger partial charge in [-0.05, 0) is 59.4 Å². The first kappa shape index (κ1) is 26.2. The molecule has 2 aromatic carbocycles. The molecule has 0 saturated heterocycles. The maximum Gasteiger partial charge on any atom is 0.416 e. The van der Waals surface area contributed by atoms with Crippen molar-refractivity contribution in [2.45, 2.75) is 39.0 Å².